The SMILES string of the molecule is Cc1cc(-c2ccc(Cl)cc2F)nc(=O)[nH]1. The van der Waals surface area contributed by atoms with Gasteiger partial charge in [0.2, 0.25) is 0 Å². The molecule has 0 saturated carbocycles. The van der Waals surface area contributed by atoms with Crippen LogP contribution in [0, 0.1) is 12.7 Å². The van der Waals surface area contributed by atoms with Gasteiger partial charge in [-0.3, -0.25) is 0 Å². The number of benzene rings is 1. The number of rotatable bonds is 1. The van der Waals surface area contributed by atoms with Gasteiger partial charge >= 0.3 is 5.69 Å². The molecule has 0 aliphatic rings. The van der Waals surface area contributed by atoms with Gasteiger partial charge in [0.05, 0.1) is 5.69 Å². The number of halogens is 2. The lowest BCUT2D eigenvalue weighted by Crippen LogP contribution is -2.12. The summed E-state index contributed by atoms with van der Waals surface area (Å²) < 4.78 is 13.6. The zero-order valence-electron chi connectivity index (χ0n) is 8.42. The fourth-order valence-corrected chi connectivity index (χ4v) is 1.57. The molecule has 1 heterocycles. The molecule has 16 heavy (non-hydrogen) atoms. The van der Waals surface area contributed by atoms with Gasteiger partial charge in [0.25, 0.3) is 0 Å². The summed E-state index contributed by atoms with van der Waals surface area (Å²) >= 11 is 5.64. The maximum Gasteiger partial charge on any atom is 0.345 e. The van der Waals surface area contributed by atoms with E-state index in [1.165, 1.54) is 12.1 Å². The molecule has 82 valence electrons. The molecule has 0 aliphatic heterocycles. The van der Waals surface area contributed by atoms with Gasteiger partial charge in [-0.25, -0.2) is 9.18 Å². The molecule has 2 rings (SSSR count). The molecule has 0 unspecified atom stereocenters. The minimum absolute atomic E-state index is 0.263. The van der Waals surface area contributed by atoms with Gasteiger partial charge in [-0.1, -0.05) is 11.6 Å². The molecule has 0 fully saturated rings. The Bertz CT molecular complexity index is 595. The predicted molar refractivity (Wildman–Crippen MR) is 60.0 cm³/mol. The summed E-state index contributed by atoms with van der Waals surface area (Å²) in [5.41, 5.74) is 0.697. The Morgan fingerprint density at radius 3 is 2.75 bits per heavy atom. The standard InChI is InChI=1S/C11H8ClFN2O/c1-6-4-10(15-11(16)14-6)8-3-2-7(12)5-9(8)13/h2-5H,1H3,(H,14,15,16). The van der Waals surface area contributed by atoms with Gasteiger partial charge in [0, 0.05) is 16.3 Å². The van der Waals surface area contributed by atoms with Crippen LogP contribution in [0.4, 0.5) is 4.39 Å². The summed E-state index contributed by atoms with van der Waals surface area (Å²) in [7, 11) is 0. The number of hydrogen-bond acceptors (Lipinski definition) is 2. The molecule has 1 N–H and O–H groups in total. The van der Waals surface area contributed by atoms with E-state index in [-0.39, 0.29) is 5.56 Å². The number of H-pyrrole nitrogens is 1. The molecule has 2 aromatic rings. The number of aromatic nitrogens is 2. The summed E-state index contributed by atoms with van der Waals surface area (Å²) in [4.78, 5) is 17.3. The minimum atomic E-state index is -0.496. The Morgan fingerprint density at radius 1 is 1.38 bits per heavy atom. The van der Waals surface area contributed by atoms with Crippen molar-refractivity contribution in [3.05, 3.63) is 51.3 Å². The zero-order valence-corrected chi connectivity index (χ0v) is 9.18. The Labute approximate surface area is 95.9 Å². The van der Waals surface area contributed by atoms with Crippen LogP contribution >= 0.6 is 11.6 Å². The number of aromatic amines is 1. The van der Waals surface area contributed by atoms with E-state index in [1.54, 1.807) is 19.1 Å². The highest BCUT2D eigenvalue weighted by atomic mass is 35.5. The van der Waals surface area contributed by atoms with Crippen molar-refractivity contribution in [2.45, 2.75) is 6.92 Å². The Morgan fingerprint density at radius 2 is 2.12 bits per heavy atom. The summed E-state index contributed by atoms with van der Waals surface area (Å²) in [6.45, 7) is 1.71. The van der Waals surface area contributed by atoms with Crippen molar-refractivity contribution in [3.63, 3.8) is 0 Å². The van der Waals surface area contributed by atoms with Crippen molar-refractivity contribution in [1.82, 2.24) is 9.97 Å². The first-order chi connectivity index (χ1) is 7.56. The molecular weight excluding hydrogens is 231 g/mol. The topological polar surface area (TPSA) is 45.8 Å². The summed E-state index contributed by atoms with van der Waals surface area (Å²) in [5.74, 6) is -0.495. The molecule has 0 bridgehead atoms. The molecule has 1 aromatic carbocycles. The van der Waals surface area contributed by atoms with Crippen molar-refractivity contribution in [2.24, 2.45) is 0 Å². The van der Waals surface area contributed by atoms with Gasteiger partial charge < -0.3 is 4.98 Å². The number of aryl methyl sites for hydroxylation is 1. The van der Waals surface area contributed by atoms with Crippen molar-refractivity contribution in [1.29, 1.82) is 0 Å². The van der Waals surface area contributed by atoms with Gasteiger partial charge in [-0.15, -0.1) is 0 Å². The minimum Gasteiger partial charge on any atom is -0.310 e. The van der Waals surface area contributed by atoms with Crippen LogP contribution in [0.15, 0.2) is 29.1 Å². The van der Waals surface area contributed by atoms with Gasteiger partial charge in [0.1, 0.15) is 5.82 Å². The molecule has 0 atom stereocenters. The van der Waals surface area contributed by atoms with Crippen LogP contribution < -0.4 is 5.69 Å². The first kappa shape index (κ1) is 10.8. The second-order valence-corrected chi connectivity index (χ2v) is 3.82. The molecule has 5 heteroatoms. The third-order valence-electron chi connectivity index (χ3n) is 2.09. The second-order valence-electron chi connectivity index (χ2n) is 3.38. The maximum absolute atomic E-state index is 13.6. The average molecular weight is 239 g/mol. The molecule has 1 aromatic heterocycles. The van der Waals surface area contributed by atoms with Crippen molar-refractivity contribution in [2.75, 3.05) is 0 Å². The third kappa shape index (κ3) is 2.12. The molecule has 0 saturated heterocycles. The third-order valence-corrected chi connectivity index (χ3v) is 2.32. The number of nitrogens with zero attached hydrogens (tertiary/aromatic N) is 1. The Kier molecular flexibility index (Phi) is 2.75. The van der Waals surface area contributed by atoms with Gasteiger partial charge in [-0.2, -0.15) is 4.98 Å². The van der Waals surface area contributed by atoms with E-state index in [0.717, 1.165) is 0 Å². The van der Waals surface area contributed by atoms with E-state index in [0.29, 0.717) is 16.4 Å². The van der Waals surface area contributed by atoms with E-state index in [1.807, 2.05) is 0 Å². The normalized spacial score (nSPS) is 10.4. The highest BCUT2D eigenvalue weighted by Gasteiger charge is 2.08. The molecule has 0 aliphatic carbocycles. The highest BCUT2D eigenvalue weighted by molar-refractivity contribution is 6.30. The van der Waals surface area contributed by atoms with E-state index >= 15 is 0 Å². The first-order valence-electron chi connectivity index (χ1n) is 4.59. The molecule has 0 radical (unpaired) electrons. The Hall–Kier alpha value is -1.68. The van der Waals surface area contributed by atoms with Crippen molar-refractivity contribution < 1.29 is 4.39 Å². The first-order valence-corrected chi connectivity index (χ1v) is 4.97. The van der Waals surface area contributed by atoms with Crippen LogP contribution in [0.1, 0.15) is 5.69 Å². The van der Waals surface area contributed by atoms with Crippen LogP contribution in [0.2, 0.25) is 5.02 Å². The van der Waals surface area contributed by atoms with E-state index in [2.05, 4.69) is 9.97 Å². The van der Waals surface area contributed by atoms with Crippen LogP contribution in [0.25, 0.3) is 11.3 Å². The van der Waals surface area contributed by atoms with Crippen LogP contribution in [-0.2, 0) is 0 Å². The molecule has 0 amide bonds. The zero-order chi connectivity index (χ0) is 11.7. The van der Waals surface area contributed by atoms with Crippen molar-refractivity contribution >= 4 is 11.6 Å². The second kappa shape index (κ2) is 4.06. The lowest BCUT2D eigenvalue weighted by Gasteiger charge is -2.03. The summed E-state index contributed by atoms with van der Waals surface area (Å²) in [5, 5.41) is 0.308. The molecule has 3 nitrogen and oxygen atoms in total. The summed E-state index contributed by atoms with van der Waals surface area (Å²) in [6, 6.07) is 5.85. The highest BCUT2D eigenvalue weighted by Crippen LogP contribution is 2.23. The largest absolute Gasteiger partial charge is 0.345 e. The number of nitrogens with one attached hydrogen (secondary N) is 1. The molecular formula is C11H8ClFN2O. The van der Waals surface area contributed by atoms with Crippen LogP contribution in [0.3, 0.4) is 0 Å². The fourth-order valence-electron chi connectivity index (χ4n) is 1.41. The maximum atomic E-state index is 13.6. The van der Waals surface area contributed by atoms with Crippen LogP contribution in [0.5, 0.6) is 0 Å². The predicted octanol–water partition coefficient (Wildman–Crippen LogP) is 2.54. The average Bonchev–Trinajstić information content (AvgIpc) is 2.15. The molecule has 0 spiro atoms. The Balaban J connectivity index is 2.63. The lowest BCUT2D eigenvalue weighted by molar-refractivity contribution is 0.630. The van der Waals surface area contributed by atoms with Crippen molar-refractivity contribution in [3.8, 4) is 11.3 Å². The van der Waals surface area contributed by atoms with E-state index in [9.17, 15) is 9.18 Å². The lowest BCUT2D eigenvalue weighted by atomic mass is 10.1. The van der Waals surface area contributed by atoms with E-state index in [4.69, 9.17) is 11.6 Å². The van der Waals surface area contributed by atoms with Gasteiger partial charge in [0.15, 0.2) is 0 Å². The number of hydrogen-bond donors (Lipinski definition) is 1. The fraction of sp³-hybridized carbons (Fsp3) is 0.0909. The van der Waals surface area contributed by atoms with Crippen LogP contribution in [-0.4, -0.2) is 9.97 Å². The quantitative estimate of drug-likeness (QED) is 0.830. The smallest absolute Gasteiger partial charge is 0.310 e. The van der Waals surface area contributed by atoms with Gasteiger partial charge in [-0.05, 0) is 31.2 Å². The van der Waals surface area contributed by atoms with E-state index < -0.39 is 11.5 Å². The monoisotopic (exact) mass is 238 g/mol. The summed E-state index contributed by atoms with van der Waals surface area (Å²) in [6.07, 6.45) is 0.